The number of hydrogen-bond acceptors (Lipinski definition) is 4. The molecule has 0 aromatic carbocycles. The maximum absolute atomic E-state index is 12.4. The minimum Gasteiger partial charge on any atom is -0.258 e. The van der Waals surface area contributed by atoms with Gasteiger partial charge in [-0.05, 0) is 6.07 Å². The first-order chi connectivity index (χ1) is 8.18. The van der Waals surface area contributed by atoms with Crippen molar-refractivity contribution in [3.8, 4) is 6.07 Å². The Morgan fingerprint density at radius 2 is 2.00 bits per heavy atom. The van der Waals surface area contributed by atoms with Gasteiger partial charge in [-0.2, -0.15) is 18.4 Å². The molecule has 0 saturated heterocycles. The molecule has 5 nitrogen and oxygen atoms in total. The molecule has 0 aliphatic rings. The fraction of sp³-hybridized carbons (Fsp3) is 0.250. The molecular weight excluding hydrogens is 265 g/mol. The van der Waals surface area contributed by atoms with Crippen LogP contribution in [-0.2, 0) is 6.18 Å². The standard InChI is InChI=1S/C8H2F5N3O2/c9-7(10)4-1-3(2-14)5(16(17)18)6(15-4)8(11,12)13/h1,7H. The van der Waals surface area contributed by atoms with Crippen LogP contribution in [0.25, 0.3) is 0 Å². The van der Waals surface area contributed by atoms with Gasteiger partial charge in [-0.25, -0.2) is 13.8 Å². The maximum atomic E-state index is 12.4. The summed E-state index contributed by atoms with van der Waals surface area (Å²) in [6.45, 7) is 0. The van der Waals surface area contributed by atoms with Crippen LogP contribution in [0, 0.1) is 21.4 Å². The van der Waals surface area contributed by atoms with Crippen LogP contribution in [0.4, 0.5) is 27.6 Å². The number of alkyl halides is 5. The molecule has 0 aliphatic heterocycles. The van der Waals surface area contributed by atoms with Gasteiger partial charge < -0.3 is 0 Å². The summed E-state index contributed by atoms with van der Waals surface area (Å²) in [6, 6.07) is 1.33. The summed E-state index contributed by atoms with van der Waals surface area (Å²) in [4.78, 5) is 11.5. The molecule has 1 rings (SSSR count). The highest BCUT2D eigenvalue weighted by atomic mass is 19.4. The molecule has 0 bridgehead atoms. The van der Waals surface area contributed by atoms with Gasteiger partial charge in [0.25, 0.3) is 6.43 Å². The number of nitriles is 1. The maximum Gasteiger partial charge on any atom is 0.440 e. The fourth-order valence-electron chi connectivity index (χ4n) is 1.14. The first-order valence-corrected chi connectivity index (χ1v) is 4.13. The molecule has 0 spiro atoms. The van der Waals surface area contributed by atoms with E-state index >= 15 is 0 Å². The Hall–Kier alpha value is -2.31. The smallest absolute Gasteiger partial charge is 0.258 e. The molecule has 0 radical (unpaired) electrons. The van der Waals surface area contributed by atoms with Crippen LogP contribution in [0.5, 0.6) is 0 Å². The van der Waals surface area contributed by atoms with Crippen LogP contribution >= 0.6 is 0 Å². The number of nitrogens with zero attached hydrogens (tertiary/aromatic N) is 3. The van der Waals surface area contributed by atoms with Crippen molar-refractivity contribution < 1.29 is 26.9 Å². The zero-order valence-corrected chi connectivity index (χ0v) is 8.20. The molecule has 0 N–H and O–H groups in total. The topological polar surface area (TPSA) is 79.8 Å². The van der Waals surface area contributed by atoms with Gasteiger partial charge in [0.15, 0.2) is 0 Å². The van der Waals surface area contributed by atoms with Crippen molar-refractivity contribution in [2.24, 2.45) is 0 Å². The van der Waals surface area contributed by atoms with Crippen molar-refractivity contribution in [3.05, 3.63) is 33.1 Å². The monoisotopic (exact) mass is 267 g/mol. The third-order valence-electron chi connectivity index (χ3n) is 1.81. The Labute approximate surface area is 95.6 Å². The lowest BCUT2D eigenvalue weighted by Crippen LogP contribution is -2.14. The number of rotatable bonds is 2. The zero-order chi connectivity index (χ0) is 14.1. The van der Waals surface area contributed by atoms with Crippen molar-refractivity contribution in [2.45, 2.75) is 12.6 Å². The normalized spacial score (nSPS) is 11.4. The van der Waals surface area contributed by atoms with E-state index in [1.165, 1.54) is 0 Å². The molecule has 1 heterocycles. The van der Waals surface area contributed by atoms with Gasteiger partial charge >= 0.3 is 11.9 Å². The summed E-state index contributed by atoms with van der Waals surface area (Å²) in [5, 5.41) is 18.9. The van der Waals surface area contributed by atoms with Crippen molar-refractivity contribution in [2.75, 3.05) is 0 Å². The summed E-state index contributed by atoms with van der Waals surface area (Å²) < 4.78 is 61.9. The predicted octanol–water partition coefficient (Wildman–Crippen LogP) is 2.82. The van der Waals surface area contributed by atoms with Gasteiger partial charge in [0, 0.05) is 0 Å². The van der Waals surface area contributed by atoms with Crippen molar-refractivity contribution in [1.29, 1.82) is 5.26 Å². The summed E-state index contributed by atoms with van der Waals surface area (Å²) >= 11 is 0. The van der Waals surface area contributed by atoms with E-state index in [1.54, 1.807) is 0 Å². The number of nitro groups is 1. The largest absolute Gasteiger partial charge is 0.440 e. The second-order valence-corrected chi connectivity index (χ2v) is 2.96. The summed E-state index contributed by atoms with van der Waals surface area (Å²) in [5.41, 5.74) is -6.20. The Bertz CT molecular complexity index is 535. The van der Waals surface area contributed by atoms with Crippen LogP contribution in [0.1, 0.15) is 23.4 Å². The Kier molecular flexibility index (Phi) is 3.45. The molecule has 0 fully saturated rings. The number of aromatic nitrogens is 1. The Morgan fingerprint density at radius 3 is 2.33 bits per heavy atom. The predicted molar refractivity (Wildman–Crippen MR) is 45.6 cm³/mol. The summed E-state index contributed by atoms with van der Waals surface area (Å²) in [5.74, 6) is 0. The van der Waals surface area contributed by atoms with Crippen LogP contribution in [-0.4, -0.2) is 9.91 Å². The Morgan fingerprint density at radius 1 is 1.44 bits per heavy atom. The third kappa shape index (κ3) is 2.50. The molecule has 0 amide bonds. The average molecular weight is 267 g/mol. The van der Waals surface area contributed by atoms with Gasteiger partial charge in [-0.3, -0.25) is 10.1 Å². The fourth-order valence-corrected chi connectivity index (χ4v) is 1.14. The van der Waals surface area contributed by atoms with E-state index in [-0.39, 0.29) is 6.07 Å². The van der Waals surface area contributed by atoms with E-state index in [0.717, 1.165) is 6.07 Å². The van der Waals surface area contributed by atoms with Gasteiger partial charge in [-0.1, -0.05) is 0 Å². The molecule has 0 atom stereocenters. The molecule has 10 heteroatoms. The highest BCUT2D eigenvalue weighted by Gasteiger charge is 2.43. The highest BCUT2D eigenvalue weighted by Crippen LogP contribution is 2.37. The second-order valence-electron chi connectivity index (χ2n) is 2.96. The zero-order valence-electron chi connectivity index (χ0n) is 8.20. The summed E-state index contributed by atoms with van der Waals surface area (Å²) in [7, 11) is 0. The molecule has 0 unspecified atom stereocenters. The van der Waals surface area contributed by atoms with Gasteiger partial charge in [0.1, 0.15) is 17.3 Å². The summed E-state index contributed by atoms with van der Waals surface area (Å²) in [6.07, 6.45) is -8.68. The first-order valence-electron chi connectivity index (χ1n) is 4.13. The van der Waals surface area contributed by atoms with Crippen molar-refractivity contribution >= 4 is 5.69 Å². The lowest BCUT2D eigenvalue weighted by molar-refractivity contribution is -0.388. The minimum absolute atomic E-state index is 0.262. The highest BCUT2D eigenvalue weighted by molar-refractivity contribution is 5.53. The van der Waals surface area contributed by atoms with E-state index in [1.807, 2.05) is 0 Å². The van der Waals surface area contributed by atoms with E-state index in [4.69, 9.17) is 5.26 Å². The lowest BCUT2D eigenvalue weighted by Gasteiger charge is -2.09. The van der Waals surface area contributed by atoms with Crippen molar-refractivity contribution in [1.82, 2.24) is 4.98 Å². The van der Waals surface area contributed by atoms with Crippen LogP contribution < -0.4 is 0 Å². The Balaban J connectivity index is 3.70. The molecule has 0 aliphatic carbocycles. The van der Waals surface area contributed by atoms with Gasteiger partial charge in [0.05, 0.1) is 4.92 Å². The first kappa shape index (κ1) is 13.8. The number of halogens is 5. The van der Waals surface area contributed by atoms with Crippen LogP contribution in [0.2, 0.25) is 0 Å². The average Bonchev–Trinajstić information content (AvgIpc) is 2.25. The quantitative estimate of drug-likeness (QED) is 0.468. The molecular formula is C8H2F5N3O2. The third-order valence-corrected chi connectivity index (χ3v) is 1.81. The van der Waals surface area contributed by atoms with E-state index in [0.29, 0.717) is 0 Å². The molecule has 18 heavy (non-hydrogen) atoms. The molecule has 1 aromatic rings. The van der Waals surface area contributed by atoms with E-state index in [9.17, 15) is 32.1 Å². The molecule has 96 valence electrons. The van der Waals surface area contributed by atoms with Gasteiger partial charge in [0.2, 0.25) is 5.69 Å². The number of pyridine rings is 1. The molecule has 1 aromatic heterocycles. The van der Waals surface area contributed by atoms with E-state index < -0.39 is 40.2 Å². The number of hydrogen-bond donors (Lipinski definition) is 0. The second kappa shape index (κ2) is 4.52. The van der Waals surface area contributed by atoms with Crippen LogP contribution in [0.15, 0.2) is 6.07 Å². The van der Waals surface area contributed by atoms with Crippen molar-refractivity contribution in [3.63, 3.8) is 0 Å². The lowest BCUT2D eigenvalue weighted by atomic mass is 10.1. The van der Waals surface area contributed by atoms with E-state index in [2.05, 4.69) is 4.98 Å². The minimum atomic E-state index is -5.31. The SMILES string of the molecule is N#Cc1cc(C(F)F)nc(C(F)(F)F)c1[N+](=O)[O-]. The van der Waals surface area contributed by atoms with Gasteiger partial charge in [-0.15, -0.1) is 0 Å². The molecule has 0 saturated carbocycles. The van der Waals surface area contributed by atoms with Crippen LogP contribution in [0.3, 0.4) is 0 Å².